The minimum absolute atomic E-state index is 0.459. The zero-order valence-corrected chi connectivity index (χ0v) is 12.0. The van der Waals surface area contributed by atoms with Crippen LogP contribution in [-0.4, -0.2) is 13.2 Å². The molecular weight excluding hydrogens is 220 g/mol. The Kier molecular flexibility index (Phi) is 5.75. The van der Waals surface area contributed by atoms with Gasteiger partial charge in [-0.25, -0.2) is 0 Å². The van der Waals surface area contributed by atoms with Gasteiger partial charge in [0, 0.05) is 6.61 Å². The van der Waals surface area contributed by atoms with Crippen LogP contribution >= 0.6 is 0 Å². The van der Waals surface area contributed by atoms with Crippen LogP contribution in [0.2, 0.25) is 0 Å². The zero-order chi connectivity index (χ0) is 12.7. The molecular formula is C17H30O. The molecule has 0 amide bonds. The van der Waals surface area contributed by atoms with E-state index in [4.69, 9.17) is 4.74 Å². The molecule has 1 saturated carbocycles. The van der Waals surface area contributed by atoms with Crippen LogP contribution in [0.4, 0.5) is 0 Å². The summed E-state index contributed by atoms with van der Waals surface area (Å²) in [7, 11) is 0. The highest BCUT2D eigenvalue weighted by atomic mass is 16.5. The smallest absolute Gasteiger partial charge is 0.0502 e. The van der Waals surface area contributed by atoms with Crippen molar-refractivity contribution in [1.82, 2.24) is 0 Å². The molecule has 104 valence electrons. The van der Waals surface area contributed by atoms with E-state index in [9.17, 15) is 0 Å². The highest BCUT2D eigenvalue weighted by Gasteiger charge is 2.50. The van der Waals surface area contributed by atoms with E-state index in [0.29, 0.717) is 5.41 Å². The molecule has 2 unspecified atom stereocenters. The Balaban J connectivity index is 1.74. The maximum atomic E-state index is 5.84. The first-order chi connectivity index (χ1) is 8.87. The van der Waals surface area contributed by atoms with Crippen molar-refractivity contribution in [3.63, 3.8) is 0 Å². The molecule has 0 aromatic heterocycles. The average Bonchev–Trinajstić information content (AvgIpc) is 3.08. The van der Waals surface area contributed by atoms with Crippen LogP contribution in [0.3, 0.4) is 0 Å². The summed E-state index contributed by atoms with van der Waals surface area (Å²) in [6.45, 7) is 6.01. The molecule has 1 aliphatic heterocycles. The number of ether oxygens (including phenoxy) is 1. The molecule has 0 bridgehead atoms. The topological polar surface area (TPSA) is 9.23 Å². The summed E-state index contributed by atoms with van der Waals surface area (Å²) < 4.78 is 5.84. The van der Waals surface area contributed by atoms with Crippen molar-refractivity contribution in [2.45, 2.75) is 70.6 Å². The van der Waals surface area contributed by atoms with Crippen molar-refractivity contribution >= 4 is 0 Å². The Bertz CT molecular complexity index is 248. The molecule has 1 aliphatic carbocycles. The average molecular weight is 250 g/mol. The molecule has 18 heavy (non-hydrogen) atoms. The normalized spacial score (nSPS) is 35.9. The van der Waals surface area contributed by atoms with Gasteiger partial charge in [-0.1, -0.05) is 57.4 Å². The van der Waals surface area contributed by atoms with Crippen LogP contribution in [-0.2, 0) is 4.74 Å². The van der Waals surface area contributed by atoms with Crippen molar-refractivity contribution in [2.75, 3.05) is 13.2 Å². The summed E-state index contributed by atoms with van der Waals surface area (Å²) >= 11 is 0. The molecule has 0 aromatic rings. The molecule has 2 fully saturated rings. The number of hydrogen-bond donors (Lipinski definition) is 0. The van der Waals surface area contributed by atoms with Gasteiger partial charge in [0.2, 0.25) is 0 Å². The van der Waals surface area contributed by atoms with Gasteiger partial charge in [0.25, 0.3) is 0 Å². The lowest BCUT2D eigenvalue weighted by Crippen LogP contribution is -2.06. The molecule has 2 atom stereocenters. The Morgan fingerprint density at radius 2 is 1.50 bits per heavy atom. The lowest BCUT2D eigenvalue weighted by molar-refractivity contribution is 0.112. The maximum Gasteiger partial charge on any atom is 0.0502 e. The second kappa shape index (κ2) is 7.33. The molecule has 1 heterocycles. The Morgan fingerprint density at radius 3 is 2.17 bits per heavy atom. The predicted molar refractivity (Wildman–Crippen MR) is 77.7 cm³/mol. The van der Waals surface area contributed by atoms with E-state index in [1.807, 2.05) is 0 Å². The standard InChI is InChI=1S/C17H30O/c1-2-17-12-10-8-6-4-3-5-7-9-11-13-18-15-16(17)14-17/h2,16H,1,3-15H2. The van der Waals surface area contributed by atoms with Crippen molar-refractivity contribution < 1.29 is 4.74 Å². The molecule has 2 rings (SSSR count). The molecule has 0 radical (unpaired) electrons. The highest BCUT2D eigenvalue weighted by Crippen LogP contribution is 2.57. The van der Waals surface area contributed by atoms with Gasteiger partial charge < -0.3 is 4.74 Å². The fourth-order valence-electron chi connectivity index (χ4n) is 3.40. The Hall–Kier alpha value is -0.300. The first-order valence-corrected chi connectivity index (χ1v) is 8.09. The SMILES string of the molecule is C=CC12CCCCCCCCCCCOCC1C2. The summed E-state index contributed by atoms with van der Waals surface area (Å²) in [5, 5.41) is 0. The van der Waals surface area contributed by atoms with E-state index < -0.39 is 0 Å². The summed E-state index contributed by atoms with van der Waals surface area (Å²) in [6, 6.07) is 0. The van der Waals surface area contributed by atoms with Crippen LogP contribution in [0.15, 0.2) is 12.7 Å². The second-order valence-corrected chi connectivity index (χ2v) is 6.35. The maximum absolute atomic E-state index is 5.84. The van der Waals surface area contributed by atoms with Gasteiger partial charge in [-0.15, -0.1) is 6.58 Å². The van der Waals surface area contributed by atoms with Crippen LogP contribution in [0, 0.1) is 11.3 Å². The van der Waals surface area contributed by atoms with Crippen molar-refractivity contribution in [2.24, 2.45) is 11.3 Å². The second-order valence-electron chi connectivity index (χ2n) is 6.35. The lowest BCUT2D eigenvalue weighted by Gasteiger charge is -2.12. The summed E-state index contributed by atoms with van der Waals surface area (Å²) in [5.41, 5.74) is 0.459. The van der Waals surface area contributed by atoms with Crippen molar-refractivity contribution in [1.29, 1.82) is 0 Å². The van der Waals surface area contributed by atoms with Crippen LogP contribution in [0.5, 0.6) is 0 Å². The molecule has 1 heteroatoms. The van der Waals surface area contributed by atoms with Gasteiger partial charge in [-0.05, 0) is 30.6 Å². The largest absolute Gasteiger partial charge is 0.381 e. The van der Waals surface area contributed by atoms with Gasteiger partial charge >= 0.3 is 0 Å². The van der Waals surface area contributed by atoms with E-state index in [1.165, 1.54) is 70.6 Å². The number of hydrogen-bond acceptors (Lipinski definition) is 1. The lowest BCUT2D eigenvalue weighted by atomic mass is 9.95. The third-order valence-electron chi connectivity index (χ3n) is 4.94. The molecule has 2 aliphatic rings. The Labute approximate surface area is 113 Å². The molecule has 0 aromatic carbocycles. The van der Waals surface area contributed by atoms with Crippen molar-refractivity contribution in [3.8, 4) is 0 Å². The fraction of sp³-hybridized carbons (Fsp3) is 0.882. The number of allylic oxidation sites excluding steroid dienone is 1. The molecule has 0 spiro atoms. The first-order valence-electron chi connectivity index (χ1n) is 8.09. The van der Waals surface area contributed by atoms with Crippen molar-refractivity contribution in [3.05, 3.63) is 12.7 Å². The van der Waals surface area contributed by atoms with Gasteiger partial charge in [0.1, 0.15) is 0 Å². The van der Waals surface area contributed by atoms with Crippen LogP contribution in [0.1, 0.15) is 70.6 Å². The summed E-state index contributed by atoms with van der Waals surface area (Å²) in [6.07, 6.45) is 17.5. The summed E-state index contributed by atoms with van der Waals surface area (Å²) in [4.78, 5) is 0. The van der Waals surface area contributed by atoms with Gasteiger partial charge in [0.15, 0.2) is 0 Å². The number of rotatable bonds is 1. The van der Waals surface area contributed by atoms with E-state index >= 15 is 0 Å². The summed E-state index contributed by atoms with van der Waals surface area (Å²) in [5.74, 6) is 0.778. The van der Waals surface area contributed by atoms with Crippen LogP contribution < -0.4 is 0 Å². The quantitative estimate of drug-likeness (QED) is 0.588. The number of fused-ring (bicyclic) bond motifs is 1. The highest BCUT2D eigenvalue weighted by molar-refractivity contribution is 5.12. The minimum Gasteiger partial charge on any atom is -0.381 e. The third kappa shape index (κ3) is 4.12. The third-order valence-corrected chi connectivity index (χ3v) is 4.94. The predicted octanol–water partition coefficient (Wildman–Crippen LogP) is 5.11. The van der Waals surface area contributed by atoms with Gasteiger partial charge in [0.05, 0.1) is 6.61 Å². The molecule has 0 N–H and O–H groups in total. The van der Waals surface area contributed by atoms with E-state index in [2.05, 4.69) is 12.7 Å². The van der Waals surface area contributed by atoms with Gasteiger partial charge in [-0.2, -0.15) is 0 Å². The van der Waals surface area contributed by atoms with E-state index in [-0.39, 0.29) is 0 Å². The van der Waals surface area contributed by atoms with Crippen LogP contribution in [0.25, 0.3) is 0 Å². The van der Waals surface area contributed by atoms with E-state index in [1.54, 1.807) is 0 Å². The molecule has 1 nitrogen and oxygen atoms in total. The monoisotopic (exact) mass is 250 g/mol. The minimum atomic E-state index is 0.459. The van der Waals surface area contributed by atoms with E-state index in [0.717, 1.165) is 19.1 Å². The fourth-order valence-corrected chi connectivity index (χ4v) is 3.40. The Morgan fingerprint density at radius 1 is 0.889 bits per heavy atom. The zero-order valence-electron chi connectivity index (χ0n) is 12.0. The molecule has 1 saturated heterocycles. The van der Waals surface area contributed by atoms with Gasteiger partial charge in [-0.3, -0.25) is 0 Å². The first kappa shape index (κ1) is 14.1.